The first kappa shape index (κ1) is 12.3. The molecule has 0 saturated heterocycles. The van der Waals surface area contributed by atoms with E-state index in [9.17, 15) is 15.3 Å². The number of hydrogen-bond acceptors (Lipinski definition) is 3. The van der Waals surface area contributed by atoms with Crippen LogP contribution in [0.5, 0.6) is 17.2 Å². The van der Waals surface area contributed by atoms with Gasteiger partial charge in [0.1, 0.15) is 0 Å². The second kappa shape index (κ2) is 4.26. The number of hydrogen-bond donors (Lipinski definition) is 3. The molecule has 0 fully saturated rings. The fourth-order valence-electron chi connectivity index (χ4n) is 2.26. The molecule has 0 aromatic heterocycles. The average molecular weight is 244 g/mol. The van der Waals surface area contributed by atoms with Gasteiger partial charge in [-0.2, -0.15) is 0 Å². The molecule has 3 nitrogen and oxygen atoms in total. The van der Waals surface area contributed by atoms with E-state index in [0.29, 0.717) is 11.1 Å². The van der Waals surface area contributed by atoms with Crippen LogP contribution in [-0.2, 0) is 0 Å². The van der Waals surface area contributed by atoms with Crippen LogP contribution in [0.3, 0.4) is 0 Å². The molecule has 2 rings (SSSR count). The van der Waals surface area contributed by atoms with Gasteiger partial charge in [-0.1, -0.05) is 29.3 Å². The van der Waals surface area contributed by atoms with E-state index in [-0.39, 0.29) is 11.5 Å². The monoisotopic (exact) mass is 244 g/mol. The average Bonchev–Trinajstić information content (AvgIpc) is 2.24. The molecule has 0 bridgehead atoms. The maximum atomic E-state index is 9.98. The Morgan fingerprint density at radius 2 is 1.28 bits per heavy atom. The minimum atomic E-state index is -0.477. The zero-order valence-corrected chi connectivity index (χ0v) is 10.7. The minimum absolute atomic E-state index is 0.280. The van der Waals surface area contributed by atoms with Crippen molar-refractivity contribution in [1.82, 2.24) is 0 Å². The number of phenolic OH excluding ortho intramolecular Hbond substituents is 3. The maximum Gasteiger partial charge on any atom is 0.200 e. The van der Waals surface area contributed by atoms with Gasteiger partial charge >= 0.3 is 0 Å². The SMILES string of the molecule is Cc1cc(C)cc(-c2c(C)cc(O)c(O)c2O)c1. The molecule has 0 heterocycles. The number of rotatable bonds is 1. The first-order valence-electron chi connectivity index (χ1n) is 5.73. The van der Waals surface area contributed by atoms with Crippen LogP contribution in [0.1, 0.15) is 16.7 Å². The van der Waals surface area contributed by atoms with Gasteiger partial charge in [0.25, 0.3) is 0 Å². The lowest BCUT2D eigenvalue weighted by Crippen LogP contribution is -1.88. The van der Waals surface area contributed by atoms with Crippen molar-refractivity contribution in [3.05, 3.63) is 41.0 Å². The summed E-state index contributed by atoms with van der Waals surface area (Å²) in [6.45, 7) is 5.73. The molecule has 0 unspecified atom stereocenters. The van der Waals surface area contributed by atoms with Crippen molar-refractivity contribution < 1.29 is 15.3 Å². The predicted octanol–water partition coefficient (Wildman–Crippen LogP) is 3.40. The van der Waals surface area contributed by atoms with E-state index < -0.39 is 5.75 Å². The molecule has 0 amide bonds. The second-order valence-corrected chi connectivity index (χ2v) is 4.66. The Morgan fingerprint density at radius 1 is 0.722 bits per heavy atom. The Labute approximate surface area is 106 Å². The maximum absolute atomic E-state index is 9.98. The normalized spacial score (nSPS) is 10.6. The van der Waals surface area contributed by atoms with Crippen LogP contribution in [0.15, 0.2) is 24.3 Å². The van der Waals surface area contributed by atoms with Crippen LogP contribution < -0.4 is 0 Å². The van der Waals surface area contributed by atoms with Crippen molar-refractivity contribution in [2.75, 3.05) is 0 Å². The summed E-state index contributed by atoms with van der Waals surface area (Å²) in [4.78, 5) is 0. The predicted molar refractivity (Wildman–Crippen MR) is 71.1 cm³/mol. The Hall–Kier alpha value is -2.16. The third-order valence-electron chi connectivity index (χ3n) is 2.96. The molecule has 3 N–H and O–H groups in total. The summed E-state index contributed by atoms with van der Waals surface area (Å²) in [6.07, 6.45) is 0. The van der Waals surface area contributed by atoms with E-state index in [1.807, 2.05) is 32.0 Å². The van der Waals surface area contributed by atoms with Crippen LogP contribution in [0, 0.1) is 20.8 Å². The van der Waals surface area contributed by atoms with Gasteiger partial charge in [-0.3, -0.25) is 0 Å². The highest BCUT2D eigenvalue weighted by Crippen LogP contribution is 2.44. The third kappa shape index (κ3) is 1.99. The first-order valence-corrected chi connectivity index (χ1v) is 5.73. The number of aromatic hydroxyl groups is 3. The molecule has 94 valence electrons. The van der Waals surface area contributed by atoms with E-state index in [1.54, 1.807) is 6.92 Å². The van der Waals surface area contributed by atoms with Gasteiger partial charge in [0.15, 0.2) is 11.5 Å². The molecule has 0 spiro atoms. The number of phenols is 3. The highest BCUT2D eigenvalue weighted by Gasteiger charge is 2.16. The fraction of sp³-hybridized carbons (Fsp3) is 0.200. The molecule has 18 heavy (non-hydrogen) atoms. The first-order chi connectivity index (χ1) is 8.40. The zero-order chi connectivity index (χ0) is 13.4. The van der Waals surface area contributed by atoms with E-state index in [2.05, 4.69) is 0 Å². The van der Waals surface area contributed by atoms with E-state index in [0.717, 1.165) is 16.7 Å². The molecular formula is C15H16O3. The van der Waals surface area contributed by atoms with Crippen LogP contribution in [-0.4, -0.2) is 15.3 Å². The molecule has 0 radical (unpaired) electrons. The van der Waals surface area contributed by atoms with E-state index in [1.165, 1.54) is 6.07 Å². The molecule has 0 aliphatic heterocycles. The van der Waals surface area contributed by atoms with Crippen LogP contribution in [0.4, 0.5) is 0 Å². The van der Waals surface area contributed by atoms with Gasteiger partial charge in [0, 0.05) is 5.56 Å². The summed E-state index contributed by atoms with van der Waals surface area (Å²) in [5.74, 6) is -1.06. The van der Waals surface area contributed by atoms with Crippen LogP contribution >= 0.6 is 0 Å². The lowest BCUT2D eigenvalue weighted by atomic mass is 9.95. The van der Waals surface area contributed by atoms with E-state index in [4.69, 9.17) is 0 Å². The van der Waals surface area contributed by atoms with Crippen molar-refractivity contribution >= 4 is 0 Å². The van der Waals surface area contributed by atoms with Crippen molar-refractivity contribution in [1.29, 1.82) is 0 Å². The zero-order valence-electron chi connectivity index (χ0n) is 10.7. The summed E-state index contributed by atoms with van der Waals surface area (Å²) >= 11 is 0. The smallest absolute Gasteiger partial charge is 0.200 e. The third-order valence-corrected chi connectivity index (χ3v) is 2.96. The summed E-state index contributed by atoms with van der Waals surface area (Å²) in [5.41, 5.74) is 4.26. The molecule has 0 aliphatic rings. The molecule has 0 saturated carbocycles. The molecule has 2 aromatic carbocycles. The van der Waals surface area contributed by atoms with Gasteiger partial charge in [-0.25, -0.2) is 0 Å². The lowest BCUT2D eigenvalue weighted by Gasteiger charge is -2.13. The van der Waals surface area contributed by atoms with Gasteiger partial charge in [0.2, 0.25) is 5.75 Å². The molecular weight excluding hydrogens is 228 g/mol. The van der Waals surface area contributed by atoms with Crippen molar-refractivity contribution in [2.45, 2.75) is 20.8 Å². The highest BCUT2D eigenvalue weighted by molar-refractivity contribution is 5.79. The summed E-state index contributed by atoms with van der Waals surface area (Å²) in [7, 11) is 0. The Bertz CT molecular complexity index is 595. The molecule has 3 heteroatoms. The second-order valence-electron chi connectivity index (χ2n) is 4.66. The highest BCUT2D eigenvalue weighted by atomic mass is 16.3. The largest absolute Gasteiger partial charge is 0.504 e. The lowest BCUT2D eigenvalue weighted by molar-refractivity contribution is 0.368. The topological polar surface area (TPSA) is 60.7 Å². The summed E-state index contributed by atoms with van der Waals surface area (Å²) < 4.78 is 0. The standard InChI is InChI=1S/C15H16O3/c1-8-4-9(2)6-11(5-8)13-10(3)7-12(16)14(17)15(13)18/h4-7,16-18H,1-3H3. The molecule has 0 aliphatic carbocycles. The van der Waals surface area contributed by atoms with Crippen molar-refractivity contribution in [3.8, 4) is 28.4 Å². The van der Waals surface area contributed by atoms with E-state index >= 15 is 0 Å². The molecule has 0 atom stereocenters. The Morgan fingerprint density at radius 3 is 1.83 bits per heavy atom. The summed E-state index contributed by atoms with van der Waals surface area (Å²) in [5, 5.41) is 29.0. The molecule has 2 aromatic rings. The minimum Gasteiger partial charge on any atom is -0.504 e. The van der Waals surface area contributed by atoms with Crippen LogP contribution in [0.2, 0.25) is 0 Å². The van der Waals surface area contributed by atoms with Gasteiger partial charge in [0.05, 0.1) is 0 Å². The van der Waals surface area contributed by atoms with Gasteiger partial charge in [-0.05, 0) is 38.0 Å². The number of aryl methyl sites for hydroxylation is 3. The van der Waals surface area contributed by atoms with Crippen LogP contribution in [0.25, 0.3) is 11.1 Å². The van der Waals surface area contributed by atoms with Gasteiger partial charge < -0.3 is 15.3 Å². The number of benzene rings is 2. The Kier molecular flexibility index (Phi) is 2.91. The quantitative estimate of drug-likeness (QED) is 0.674. The van der Waals surface area contributed by atoms with Crippen molar-refractivity contribution in [2.24, 2.45) is 0 Å². The fourth-order valence-corrected chi connectivity index (χ4v) is 2.26. The van der Waals surface area contributed by atoms with Crippen molar-refractivity contribution in [3.63, 3.8) is 0 Å². The summed E-state index contributed by atoms with van der Waals surface area (Å²) in [6, 6.07) is 7.36. The Balaban J connectivity index is 2.75. The van der Waals surface area contributed by atoms with Gasteiger partial charge in [-0.15, -0.1) is 0 Å².